The molecule has 2 fully saturated rings. The molecule has 2 aliphatic heterocycles. The van der Waals surface area contributed by atoms with Gasteiger partial charge in [0, 0.05) is 30.3 Å². The highest BCUT2D eigenvalue weighted by Crippen LogP contribution is 2.71. The van der Waals surface area contributed by atoms with Gasteiger partial charge in [-0.2, -0.15) is 0 Å². The fraction of sp³-hybridized carbons (Fsp3) is 0.783. The van der Waals surface area contributed by atoms with Gasteiger partial charge in [-0.1, -0.05) is 18.1 Å². The van der Waals surface area contributed by atoms with E-state index in [-0.39, 0.29) is 22.7 Å². The lowest BCUT2D eigenvalue weighted by molar-refractivity contribution is -0.149. The monoisotopic (exact) mass is 371 g/mol. The molecule has 2 bridgehead atoms. The molecule has 1 saturated carbocycles. The summed E-state index contributed by atoms with van der Waals surface area (Å²) < 4.78 is 11.6. The van der Waals surface area contributed by atoms with E-state index in [9.17, 15) is 4.79 Å². The van der Waals surface area contributed by atoms with Crippen LogP contribution in [-0.2, 0) is 14.3 Å². The minimum atomic E-state index is 0.0117. The average Bonchev–Trinajstić information content (AvgIpc) is 3.22. The van der Waals surface area contributed by atoms with Crippen LogP contribution >= 0.6 is 0 Å². The summed E-state index contributed by atoms with van der Waals surface area (Å²) in [6, 6.07) is 0. The second-order valence-corrected chi connectivity index (χ2v) is 9.68. The van der Waals surface area contributed by atoms with Crippen molar-refractivity contribution in [2.45, 2.75) is 51.9 Å². The molecule has 0 aromatic heterocycles. The van der Waals surface area contributed by atoms with Crippen molar-refractivity contribution in [3.63, 3.8) is 0 Å². The van der Waals surface area contributed by atoms with Crippen LogP contribution < -0.4 is 0 Å². The first-order chi connectivity index (χ1) is 13.0. The van der Waals surface area contributed by atoms with Crippen molar-refractivity contribution in [2.75, 3.05) is 33.9 Å². The maximum absolute atomic E-state index is 12.7. The molecule has 0 aromatic rings. The third kappa shape index (κ3) is 2.22. The molecule has 0 radical (unpaired) electrons. The molecule has 5 atom stereocenters. The summed E-state index contributed by atoms with van der Waals surface area (Å²) in [5.41, 5.74) is 3.60. The third-order valence-electron chi connectivity index (χ3n) is 8.74. The molecule has 5 aliphatic rings. The summed E-state index contributed by atoms with van der Waals surface area (Å²) >= 11 is 0. The zero-order chi connectivity index (χ0) is 18.8. The molecule has 0 unspecified atom stereocenters. The van der Waals surface area contributed by atoms with Gasteiger partial charge in [0.05, 0.1) is 25.4 Å². The first kappa shape index (κ1) is 17.8. The van der Waals surface area contributed by atoms with Crippen molar-refractivity contribution in [3.05, 3.63) is 23.0 Å². The molecule has 0 N–H and O–H groups in total. The Morgan fingerprint density at radius 3 is 2.89 bits per heavy atom. The van der Waals surface area contributed by atoms with E-state index in [1.54, 1.807) is 18.3 Å². The first-order valence-electron chi connectivity index (χ1n) is 10.9. The van der Waals surface area contributed by atoms with Gasteiger partial charge in [0.1, 0.15) is 0 Å². The zero-order valence-electron chi connectivity index (χ0n) is 17.1. The van der Waals surface area contributed by atoms with E-state index >= 15 is 0 Å². The van der Waals surface area contributed by atoms with Crippen molar-refractivity contribution in [1.29, 1.82) is 0 Å². The summed E-state index contributed by atoms with van der Waals surface area (Å²) in [6.45, 7) is 5.25. The Bertz CT molecular complexity index is 725. The number of rotatable bonds is 2. The largest absolute Gasteiger partial charge is 0.498 e. The fourth-order valence-corrected chi connectivity index (χ4v) is 7.71. The Kier molecular flexibility index (Phi) is 4.02. The molecule has 27 heavy (non-hydrogen) atoms. The van der Waals surface area contributed by atoms with Crippen molar-refractivity contribution in [1.82, 2.24) is 4.90 Å². The third-order valence-corrected chi connectivity index (χ3v) is 8.74. The van der Waals surface area contributed by atoms with Gasteiger partial charge in [-0.3, -0.25) is 4.79 Å². The molecule has 148 valence electrons. The van der Waals surface area contributed by atoms with Crippen molar-refractivity contribution in [3.8, 4) is 0 Å². The van der Waals surface area contributed by atoms with E-state index in [1.165, 1.54) is 19.3 Å². The second kappa shape index (κ2) is 6.10. The van der Waals surface area contributed by atoms with Crippen LogP contribution in [0.1, 0.15) is 51.9 Å². The van der Waals surface area contributed by atoms with E-state index in [0.717, 1.165) is 51.1 Å². The van der Waals surface area contributed by atoms with Crippen LogP contribution in [0.5, 0.6) is 0 Å². The molecular formula is C23H33NO3. The number of carbonyl (C=O) groups is 1. The van der Waals surface area contributed by atoms with Crippen LogP contribution in [0.4, 0.5) is 0 Å². The van der Waals surface area contributed by atoms with Gasteiger partial charge in [-0.05, 0) is 63.5 Å². The number of likely N-dealkylation sites (tertiary alicyclic amines) is 1. The fourth-order valence-electron chi connectivity index (χ4n) is 7.71. The molecular weight excluding hydrogens is 338 g/mol. The molecule has 2 spiro atoms. The van der Waals surface area contributed by atoms with Crippen LogP contribution in [0.15, 0.2) is 23.0 Å². The van der Waals surface area contributed by atoms with Gasteiger partial charge < -0.3 is 14.4 Å². The highest BCUT2D eigenvalue weighted by Gasteiger charge is 2.68. The quantitative estimate of drug-likeness (QED) is 0.545. The van der Waals surface area contributed by atoms with Gasteiger partial charge >= 0.3 is 5.97 Å². The highest BCUT2D eigenvalue weighted by molar-refractivity contribution is 5.75. The minimum Gasteiger partial charge on any atom is -0.498 e. The van der Waals surface area contributed by atoms with Crippen molar-refractivity contribution >= 4 is 5.97 Å². The van der Waals surface area contributed by atoms with Crippen LogP contribution in [0.25, 0.3) is 0 Å². The topological polar surface area (TPSA) is 38.8 Å². The number of carbonyl (C=O) groups excluding carboxylic acids is 1. The maximum Gasteiger partial charge on any atom is 0.309 e. The highest BCUT2D eigenvalue weighted by atomic mass is 16.5. The summed E-state index contributed by atoms with van der Waals surface area (Å²) in [5.74, 6) is 2.27. The van der Waals surface area contributed by atoms with E-state index in [0.29, 0.717) is 11.8 Å². The van der Waals surface area contributed by atoms with Crippen molar-refractivity contribution < 1.29 is 14.3 Å². The van der Waals surface area contributed by atoms with Crippen LogP contribution in [0.3, 0.4) is 0 Å². The van der Waals surface area contributed by atoms with Crippen LogP contribution in [0.2, 0.25) is 0 Å². The van der Waals surface area contributed by atoms with Gasteiger partial charge in [0.2, 0.25) is 0 Å². The van der Waals surface area contributed by atoms with Crippen LogP contribution in [-0.4, -0.2) is 44.7 Å². The Morgan fingerprint density at radius 1 is 1.37 bits per heavy atom. The Morgan fingerprint density at radius 2 is 2.19 bits per heavy atom. The zero-order valence-corrected chi connectivity index (χ0v) is 17.1. The molecule has 4 heteroatoms. The Labute approximate surface area is 163 Å². The van der Waals surface area contributed by atoms with Gasteiger partial charge in [-0.15, -0.1) is 0 Å². The number of ether oxygens (including phenoxy) is 2. The maximum atomic E-state index is 12.7. The molecule has 4 nitrogen and oxygen atoms in total. The summed E-state index contributed by atoms with van der Waals surface area (Å²) in [4.78, 5) is 15.3. The number of allylic oxidation sites excluding steroid dienone is 3. The molecule has 0 amide bonds. The predicted molar refractivity (Wildman–Crippen MR) is 104 cm³/mol. The van der Waals surface area contributed by atoms with E-state index < -0.39 is 0 Å². The Hall–Kier alpha value is -1.29. The van der Waals surface area contributed by atoms with E-state index in [4.69, 9.17) is 9.47 Å². The minimum absolute atomic E-state index is 0.0117. The predicted octanol–water partition coefficient (Wildman–Crippen LogP) is 3.93. The lowest BCUT2D eigenvalue weighted by Gasteiger charge is -2.59. The standard InChI is InChI=1S/C23H33NO3/c1-4-17-9-10-22(14-27-17)16-7-5-15-6-8-18-19(21(25)26-3)11-23(22,20(15)18)13-24(2)12-16/h9,16,18-19H,4-8,10-14H2,1-3H3/t16-,18+,19+,22-,23-/m0/s1. The number of hydrogen-bond donors (Lipinski definition) is 0. The van der Waals surface area contributed by atoms with Crippen LogP contribution in [0, 0.1) is 28.6 Å². The molecule has 1 saturated heterocycles. The SMILES string of the molecule is CCC1=CC[C@]2(CO1)[C@H]1CCC3=C4[C@H](CC3)[C@H](C(=O)OC)C[C@]42CN(C)C1. The van der Waals surface area contributed by atoms with Gasteiger partial charge in [0.25, 0.3) is 0 Å². The first-order valence-corrected chi connectivity index (χ1v) is 10.9. The number of esters is 1. The van der Waals surface area contributed by atoms with Gasteiger partial charge in [0.15, 0.2) is 0 Å². The average molecular weight is 372 g/mol. The normalized spacial score (nSPS) is 43.2. The second-order valence-electron chi connectivity index (χ2n) is 9.68. The number of methoxy groups -OCH3 is 1. The smallest absolute Gasteiger partial charge is 0.309 e. The van der Waals surface area contributed by atoms with Gasteiger partial charge in [-0.25, -0.2) is 0 Å². The van der Waals surface area contributed by atoms with E-state index in [1.807, 2.05) is 0 Å². The Balaban J connectivity index is 1.67. The molecule has 2 heterocycles. The number of piperidine rings is 1. The van der Waals surface area contributed by atoms with E-state index in [2.05, 4.69) is 24.9 Å². The summed E-state index contributed by atoms with van der Waals surface area (Å²) in [7, 11) is 3.84. The lowest BCUT2D eigenvalue weighted by Crippen LogP contribution is -2.61. The summed E-state index contributed by atoms with van der Waals surface area (Å²) in [5, 5.41) is 0. The molecule has 3 aliphatic carbocycles. The number of nitrogens with zero attached hydrogens (tertiary/aromatic N) is 1. The summed E-state index contributed by atoms with van der Waals surface area (Å²) in [6.07, 6.45) is 10.3. The number of hydrogen-bond acceptors (Lipinski definition) is 4. The molecule has 5 rings (SSSR count). The lowest BCUT2D eigenvalue weighted by atomic mass is 9.51. The molecule has 0 aromatic carbocycles. The van der Waals surface area contributed by atoms with Crippen molar-refractivity contribution in [2.24, 2.45) is 28.6 Å².